The van der Waals surface area contributed by atoms with Gasteiger partial charge in [0, 0.05) is 18.7 Å². The lowest BCUT2D eigenvalue weighted by atomic mass is 9.93. The minimum atomic E-state index is -0.692. The van der Waals surface area contributed by atoms with Gasteiger partial charge in [-0.05, 0) is 108 Å². The predicted molar refractivity (Wildman–Crippen MR) is 226 cm³/mol. The van der Waals surface area contributed by atoms with E-state index in [1.165, 1.54) is 14.2 Å². The Morgan fingerprint density at radius 3 is 1.77 bits per heavy atom. The van der Waals surface area contributed by atoms with Crippen molar-refractivity contribution in [1.29, 1.82) is 0 Å². The third-order valence-corrected chi connectivity index (χ3v) is 13.8. The SMILES string of the molecule is COC(=O)N[C@H](C(=O)N1C[C@H]2CCC1(c1ncc(-c3ccc4cc(-c5ccc6nc([C@]78CC[C@H](CN7C(=O)[C@@H](NC(=O)OC)C(C)C)C8)[nH]c6c5)ccc4c3)[nH]1)C2)C(C)C. The Morgan fingerprint density at radius 2 is 1.22 bits per heavy atom. The second-order valence-electron chi connectivity index (χ2n) is 18.1. The molecule has 6 atom stereocenters. The number of benzene rings is 3. The van der Waals surface area contributed by atoms with Gasteiger partial charge in [0.05, 0.1) is 37.1 Å². The van der Waals surface area contributed by atoms with Crippen LogP contribution in [0.4, 0.5) is 9.59 Å². The van der Waals surface area contributed by atoms with Crippen molar-refractivity contribution in [3.63, 3.8) is 0 Å². The summed E-state index contributed by atoms with van der Waals surface area (Å²) in [5.74, 6) is 1.95. The van der Waals surface area contributed by atoms with Gasteiger partial charge in [-0.1, -0.05) is 58.0 Å². The van der Waals surface area contributed by atoms with Crippen molar-refractivity contribution in [3.05, 3.63) is 72.4 Å². The third-order valence-electron chi connectivity index (χ3n) is 13.8. The van der Waals surface area contributed by atoms with Gasteiger partial charge in [-0.15, -0.1) is 0 Å². The molecule has 2 saturated carbocycles. The molecule has 0 spiro atoms. The number of hydrogen-bond acceptors (Lipinski definition) is 8. The van der Waals surface area contributed by atoms with E-state index in [0.29, 0.717) is 24.9 Å². The van der Waals surface area contributed by atoms with E-state index >= 15 is 0 Å². The number of aromatic amines is 2. The molecule has 1 unspecified atom stereocenters. The van der Waals surface area contributed by atoms with E-state index in [9.17, 15) is 19.2 Å². The zero-order valence-electron chi connectivity index (χ0n) is 35.1. The number of ether oxygens (including phenoxy) is 2. The number of amides is 4. The van der Waals surface area contributed by atoms with E-state index in [1.807, 2.05) is 49.8 Å². The van der Waals surface area contributed by atoms with Gasteiger partial charge in [0.15, 0.2) is 0 Å². The summed E-state index contributed by atoms with van der Waals surface area (Å²) in [6.07, 6.45) is 6.02. The van der Waals surface area contributed by atoms with Crippen LogP contribution in [0.2, 0.25) is 0 Å². The number of likely N-dealkylation sites (tertiary alicyclic amines) is 2. The van der Waals surface area contributed by atoms with Crippen LogP contribution in [0.15, 0.2) is 60.8 Å². The summed E-state index contributed by atoms with van der Waals surface area (Å²) in [5.41, 5.74) is 4.68. The standard InChI is InChI=1S/C46H54N8O6/c1-25(2)37(51-43(57)59-5)39(55)53-23-27-13-15-45(53,20-27)41-47-22-36(50-41)33-10-9-29-17-30(7-8-31(29)18-33)32-11-12-34-35(19-32)49-42(48-34)46-16-14-28(21-46)24-54(46)40(56)38(26(3)4)52-44(58)60-6/h7-12,17-19,22,25-28,37-38H,13-16,20-21,23-24H2,1-6H3,(H,47,50)(H,48,49)(H,51,57)(H,52,58)/t27-,28-,37-,38-,45?,46+/m0/s1. The van der Waals surface area contributed by atoms with Crippen LogP contribution in [-0.4, -0.2) is 93.1 Å². The monoisotopic (exact) mass is 814 g/mol. The van der Waals surface area contributed by atoms with Gasteiger partial charge in [0.1, 0.15) is 34.8 Å². The molecule has 9 rings (SSSR count). The van der Waals surface area contributed by atoms with E-state index < -0.39 is 35.3 Å². The number of alkyl carbamates (subject to hydrolysis) is 2. The average Bonchev–Trinajstić information content (AvgIpc) is 4.12. The molecule has 2 aromatic heterocycles. The summed E-state index contributed by atoms with van der Waals surface area (Å²) in [6.45, 7) is 9.01. The highest BCUT2D eigenvalue weighted by molar-refractivity contribution is 5.92. The second kappa shape index (κ2) is 15.0. The van der Waals surface area contributed by atoms with E-state index in [0.717, 1.165) is 94.4 Å². The fourth-order valence-electron chi connectivity index (χ4n) is 10.6. The van der Waals surface area contributed by atoms with Crippen molar-refractivity contribution in [1.82, 2.24) is 40.4 Å². The maximum atomic E-state index is 14.0. The molecule has 4 fully saturated rings. The van der Waals surface area contributed by atoms with Crippen LogP contribution in [0.3, 0.4) is 0 Å². The van der Waals surface area contributed by atoms with Crippen LogP contribution in [0.1, 0.15) is 77.9 Å². The average molecular weight is 815 g/mol. The Kier molecular flexibility index (Phi) is 9.86. The van der Waals surface area contributed by atoms with Crippen molar-refractivity contribution in [2.75, 3.05) is 27.3 Å². The lowest BCUT2D eigenvalue weighted by Crippen LogP contribution is -2.56. The van der Waals surface area contributed by atoms with Crippen molar-refractivity contribution < 1.29 is 28.7 Å². The Bertz CT molecular complexity index is 2510. The number of rotatable bonds is 10. The summed E-state index contributed by atoms with van der Waals surface area (Å²) < 4.78 is 9.67. The quantitative estimate of drug-likeness (QED) is 0.114. The zero-order valence-corrected chi connectivity index (χ0v) is 35.1. The number of hydrogen-bond donors (Lipinski definition) is 4. The molecule has 60 heavy (non-hydrogen) atoms. The highest BCUT2D eigenvalue weighted by atomic mass is 16.5. The number of nitrogens with zero attached hydrogens (tertiary/aromatic N) is 4. The molecule has 5 aromatic rings. The number of imidazole rings is 2. The first-order chi connectivity index (χ1) is 28.8. The van der Waals surface area contributed by atoms with Crippen molar-refractivity contribution in [2.24, 2.45) is 23.7 Å². The first kappa shape index (κ1) is 39.5. The molecule has 4 bridgehead atoms. The lowest BCUT2D eigenvalue weighted by Gasteiger charge is -2.40. The van der Waals surface area contributed by atoms with Gasteiger partial charge in [-0.25, -0.2) is 19.6 Å². The molecule has 14 nitrogen and oxygen atoms in total. The first-order valence-corrected chi connectivity index (χ1v) is 21.2. The Labute approximate surface area is 349 Å². The summed E-state index contributed by atoms with van der Waals surface area (Å²) >= 11 is 0. The topological polar surface area (TPSA) is 175 Å². The Balaban J connectivity index is 0.952. The third kappa shape index (κ3) is 6.55. The molecule has 314 valence electrons. The van der Waals surface area contributed by atoms with Gasteiger partial charge < -0.3 is 39.9 Å². The number of nitrogens with one attached hydrogen (secondary N) is 4. The molecule has 14 heteroatoms. The van der Waals surface area contributed by atoms with E-state index in [1.54, 1.807) is 0 Å². The Hall–Kier alpha value is -5.92. The smallest absolute Gasteiger partial charge is 0.407 e. The number of aromatic nitrogens is 4. The molecule has 4 heterocycles. The molecule has 3 aromatic carbocycles. The minimum Gasteiger partial charge on any atom is -0.453 e. The van der Waals surface area contributed by atoms with Crippen LogP contribution >= 0.6 is 0 Å². The highest BCUT2D eigenvalue weighted by Gasteiger charge is 2.58. The lowest BCUT2D eigenvalue weighted by molar-refractivity contribution is -0.141. The fraction of sp³-hybridized carbons (Fsp3) is 0.478. The Morgan fingerprint density at radius 1 is 0.700 bits per heavy atom. The minimum absolute atomic E-state index is 0.101. The largest absolute Gasteiger partial charge is 0.453 e. The van der Waals surface area contributed by atoms with Crippen molar-refractivity contribution in [3.8, 4) is 22.4 Å². The normalized spacial score (nSPS) is 24.1. The van der Waals surface area contributed by atoms with Gasteiger partial charge in [0.2, 0.25) is 11.8 Å². The zero-order chi connectivity index (χ0) is 42.1. The molecular formula is C46H54N8O6. The number of H-pyrrole nitrogens is 2. The summed E-state index contributed by atoms with van der Waals surface area (Å²) in [5, 5.41) is 7.71. The second-order valence-corrected chi connectivity index (χ2v) is 18.1. The maximum absolute atomic E-state index is 14.0. The molecule has 0 radical (unpaired) electrons. The van der Waals surface area contributed by atoms with Crippen LogP contribution < -0.4 is 10.6 Å². The molecule has 4 aliphatic rings. The van der Waals surface area contributed by atoms with Crippen LogP contribution in [0.5, 0.6) is 0 Å². The summed E-state index contributed by atoms with van der Waals surface area (Å²) in [6, 6.07) is 17.7. The van der Waals surface area contributed by atoms with Crippen molar-refractivity contribution in [2.45, 2.75) is 89.4 Å². The summed E-state index contributed by atoms with van der Waals surface area (Å²) in [4.78, 5) is 73.4. The number of methoxy groups -OCH3 is 2. The number of fused-ring (bicyclic) bond motifs is 6. The molecule has 2 saturated heterocycles. The van der Waals surface area contributed by atoms with Gasteiger partial charge in [0.25, 0.3) is 0 Å². The molecule has 4 amide bonds. The van der Waals surface area contributed by atoms with E-state index in [2.05, 4.69) is 69.1 Å². The summed E-state index contributed by atoms with van der Waals surface area (Å²) in [7, 11) is 2.62. The number of carbonyl (C=O) groups is 4. The molecular weight excluding hydrogens is 761 g/mol. The van der Waals surface area contributed by atoms with Crippen LogP contribution in [0, 0.1) is 23.7 Å². The number of piperidine rings is 2. The predicted octanol–water partition coefficient (Wildman–Crippen LogP) is 7.21. The number of carbonyl (C=O) groups excluding carboxylic acids is 4. The van der Waals surface area contributed by atoms with Crippen LogP contribution in [-0.2, 0) is 30.1 Å². The highest BCUT2D eigenvalue weighted by Crippen LogP contribution is 2.54. The first-order valence-electron chi connectivity index (χ1n) is 21.2. The molecule has 2 aliphatic heterocycles. The van der Waals surface area contributed by atoms with E-state index in [-0.39, 0.29) is 23.7 Å². The van der Waals surface area contributed by atoms with Crippen molar-refractivity contribution >= 4 is 45.8 Å². The fourth-order valence-corrected chi connectivity index (χ4v) is 10.6. The molecule has 2 aliphatic carbocycles. The molecule has 4 N–H and O–H groups in total. The van der Waals surface area contributed by atoms with Crippen LogP contribution in [0.25, 0.3) is 44.2 Å². The van der Waals surface area contributed by atoms with Gasteiger partial charge in [-0.3, -0.25) is 9.59 Å². The van der Waals surface area contributed by atoms with E-state index in [4.69, 9.17) is 19.4 Å². The van der Waals surface area contributed by atoms with Gasteiger partial charge in [-0.2, -0.15) is 0 Å². The van der Waals surface area contributed by atoms with Gasteiger partial charge >= 0.3 is 12.2 Å². The maximum Gasteiger partial charge on any atom is 0.407 e.